The van der Waals surface area contributed by atoms with Crippen LogP contribution in [0, 0.1) is 0 Å². The number of H-pyrrole nitrogens is 1. The van der Waals surface area contributed by atoms with E-state index in [0.717, 1.165) is 40.0 Å². The van der Waals surface area contributed by atoms with Crippen molar-refractivity contribution in [3.8, 4) is 0 Å². The van der Waals surface area contributed by atoms with E-state index >= 15 is 0 Å². The molecule has 0 radical (unpaired) electrons. The van der Waals surface area contributed by atoms with E-state index in [4.69, 9.17) is 0 Å². The Labute approximate surface area is 132 Å². The Morgan fingerprint density at radius 3 is 3.00 bits per heavy atom. The van der Waals surface area contributed by atoms with Crippen LogP contribution in [-0.2, 0) is 7.05 Å². The summed E-state index contributed by atoms with van der Waals surface area (Å²) in [6, 6.07) is 8.04. The van der Waals surface area contributed by atoms with Crippen LogP contribution in [0.2, 0.25) is 0 Å². The first-order valence-corrected chi connectivity index (χ1v) is 7.52. The van der Waals surface area contributed by atoms with Crippen molar-refractivity contribution in [2.24, 2.45) is 7.05 Å². The standard InChI is InChI=1S/C16H17N7/c1-3-17-14-12-6-7-18-15(12)22-16(21-14)20-11-5-4-10-9-19-23(2)13(10)8-11/h4-9H,3H2,1-2H3,(H3,17,18,20,21,22). The fraction of sp³-hybridized carbons (Fsp3) is 0.188. The fourth-order valence-electron chi connectivity index (χ4n) is 2.65. The maximum absolute atomic E-state index is 4.57. The summed E-state index contributed by atoms with van der Waals surface area (Å²) in [5.41, 5.74) is 2.79. The number of fused-ring (bicyclic) bond motifs is 2. The van der Waals surface area contributed by atoms with E-state index in [1.54, 1.807) is 0 Å². The summed E-state index contributed by atoms with van der Waals surface area (Å²) < 4.78 is 1.85. The molecule has 0 amide bonds. The summed E-state index contributed by atoms with van der Waals surface area (Å²) in [5.74, 6) is 1.38. The highest BCUT2D eigenvalue weighted by Gasteiger charge is 2.09. The van der Waals surface area contributed by atoms with Crippen LogP contribution in [0.15, 0.2) is 36.7 Å². The zero-order valence-corrected chi connectivity index (χ0v) is 13.0. The molecule has 23 heavy (non-hydrogen) atoms. The SMILES string of the molecule is CCNc1nc(Nc2ccc3cnn(C)c3c2)nc2[nH]ccc12. The fourth-order valence-corrected chi connectivity index (χ4v) is 2.65. The molecule has 0 unspecified atom stereocenters. The number of benzene rings is 1. The van der Waals surface area contributed by atoms with Gasteiger partial charge in [0.2, 0.25) is 5.95 Å². The second-order valence-corrected chi connectivity index (χ2v) is 5.33. The third kappa shape index (κ3) is 2.36. The summed E-state index contributed by atoms with van der Waals surface area (Å²) in [6.07, 6.45) is 3.72. The molecule has 0 bridgehead atoms. The molecule has 7 heteroatoms. The minimum atomic E-state index is 0.553. The van der Waals surface area contributed by atoms with Crippen LogP contribution < -0.4 is 10.6 Å². The summed E-state index contributed by atoms with van der Waals surface area (Å²) in [4.78, 5) is 12.2. The Morgan fingerprint density at radius 1 is 1.22 bits per heavy atom. The molecule has 0 spiro atoms. The van der Waals surface area contributed by atoms with Crippen LogP contribution in [0.1, 0.15) is 6.92 Å². The molecule has 0 aliphatic carbocycles. The quantitative estimate of drug-likeness (QED) is 0.540. The van der Waals surface area contributed by atoms with E-state index in [2.05, 4.69) is 30.7 Å². The van der Waals surface area contributed by atoms with E-state index in [1.165, 1.54) is 0 Å². The van der Waals surface area contributed by atoms with E-state index in [-0.39, 0.29) is 0 Å². The van der Waals surface area contributed by atoms with Gasteiger partial charge in [0.25, 0.3) is 0 Å². The average Bonchev–Trinajstić information content (AvgIpc) is 3.15. The van der Waals surface area contributed by atoms with Crippen molar-refractivity contribution in [3.63, 3.8) is 0 Å². The molecule has 0 saturated carbocycles. The van der Waals surface area contributed by atoms with Gasteiger partial charge in [0, 0.05) is 30.9 Å². The second-order valence-electron chi connectivity index (χ2n) is 5.33. The Hall–Kier alpha value is -3.09. The van der Waals surface area contributed by atoms with Gasteiger partial charge in [-0.2, -0.15) is 15.1 Å². The molecule has 116 valence electrons. The lowest BCUT2D eigenvalue weighted by Crippen LogP contribution is -2.04. The number of nitrogens with one attached hydrogen (secondary N) is 3. The minimum Gasteiger partial charge on any atom is -0.370 e. The van der Waals surface area contributed by atoms with Crippen molar-refractivity contribution < 1.29 is 0 Å². The molecule has 1 aromatic carbocycles. The number of anilines is 3. The van der Waals surface area contributed by atoms with Gasteiger partial charge in [0.1, 0.15) is 11.5 Å². The number of aromatic amines is 1. The van der Waals surface area contributed by atoms with Crippen molar-refractivity contribution in [2.45, 2.75) is 6.92 Å². The Bertz CT molecular complexity index is 983. The van der Waals surface area contributed by atoms with E-state index in [9.17, 15) is 0 Å². The van der Waals surface area contributed by atoms with Crippen molar-refractivity contribution in [1.82, 2.24) is 24.7 Å². The number of nitrogens with zero attached hydrogens (tertiary/aromatic N) is 4. The smallest absolute Gasteiger partial charge is 0.231 e. The summed E-state index contributed by atoms with van der Waals surface area (Å²) in [6.45, 7) is 2.85. The third-order valence-corrected chi connectivity index (χ3v) is 3.77. The van der Waals surface area contributed by atoms with Gasteiger partial charge in [-0.3, -0.25) is 4.68 Å². The highest BCUT2D eigenvalue weighted by atomic mass is 15.2. The van der Waals surface area contributed by atoms with Gasteiger partial charge in [0.05, 0.1) is 17.1 Å². The Morgan fingerprint density at radius 2 is 2.13 bits per heavy atom. The lowest BCUT2D eigenvalue weighted by atomic mass is 10.2. The third-order valence-electron chi connectivity index (χ3n) is 3.77. The first-order valence-electron chi connectivity index (χ1n) is 7.52. The number of rotatable bonds is 4. The molecule has 4 aromatic rings. The molecule has 0 saturated heterocycles. The van der Waals surface area contributed by atoms with Gasteiger partial charge in [-0.25, -0.2) is 0 Å². The van der Waals surface area contributed by atoms with E-state index < -0.39 is 0 Å². The van der Waals surface area contributed by atoms with Gasteiger partial charge in [0.15, 0.2) is 0 Å². The molecule has 0 atom stereocenters. The van der Waals surface area contributed by atoms with Crippen molar-refractivity contribution in [3.05, 3.63) is 36.7 Å². The van der Waals surface area contributed by atoms with Gasteiger partial charge < -0.3 is 15.6 Å². The number of aromatic nitrogens is 5. The maximum atomic E-state index is 4.57. The van der Waals surface area contributed by atoms with E-state index in [0.29, 0.717) is 5.95 Å². The highest BCUT2D eigenvalue weighted by molar-refractivity contribution is 5.89. The highest BCUT2D eigenvalue weighted by Crippen LogP contribution is 2.24. The zero-order chi connectivity index (χ0) is 15.8. The van der Waals surface area contributed by atoms with Gasteiger partial charge in [-0.05, 0) is 31.2 Å². The maximum Gasteiger partial charge on any atom is 0.231 e. The van der Waals surface area contributed by atoms with Gasteiger partial charge in [-0.1, -0.05) is 0 Å². The van der Waals surface area contributed by atoms with Crippen LogP contribution in [-0.4, -0.2) is 31.3 Å². The Balaban J connectivity index is 1.74. The number of hydrogen-bond acceptors (Lipinski definition) is 5. The molecule has 3 heterocycles. The molecular weight excluding hydrogens is 290 g/mol. The summed E-state index contributed by atoms with van der Waals surface area (Å²) in [7, 11) is 1.93. The molecule has 0 fully saturated rings. The average molecular weight is 307 g/mol. The van der Waals surface area contributed by atoms with Crippen LogP contribution in [0.4, 0.5) is 17.5 Å². The molecule has 0 aliphatic heterocycles. The second kappa shape index (κ2) is 5.28. The van der Waals surface area contributed by atoms with Gasteiger partial charge in [-0.15, -0.1) is 0 Å². The first kappa shape index (κ1) is 13.6. The largest absolute Gasteiger partial charge is 0.370 e. The van der Waals surface area contributed by atoms with Gasteiger partial charge >= 0.3 is 0 Å². The van der Waals surface area contributed by atoms with Crippen molar-refractivity contribution in [2.75, 3.05) is 17.2 Å². The molecule has 0 aliphatic rings. The lowest BCUT2D eigenvalue weighted by molar-refractivity contribution is 0.797. The molecule has 3 aromatic heterocycles. The molecular formula is C16H17N7. The number of aryl methyl sites for hydroxylation is 1. The topological polar surface area (TPSA) is 83.4 Å². The normalized spacial score (nSPS) is 11.2. The van der Waals surface area contributed by atoms with Crippen LogP contribution in [0.3, 0.4) is 0 Å². The predicted octanol–water partition coefficient (Wildman–Crippen LogP) is 3.02. The van der Waals surface area contributed by atoms with Crippen LogP contribution >= 0.6 is 0 Å². The lowest BCUT2D eigenvalue weighted by Gasteiger charge is -2.09. The van der Waals surface area contributed by atoms with Crippen molar-refractivity contribution >= 4 is 39.4 Å². The monoisotopic (exact) mass is 307 g/mol. The van der Waals surface area contributed by atoms with Crippen molar-refractivity contribution in [1.29, 1.82) is 0 Å². The minimum absolute atomic E-state index is 0.553. The molecule has 3 N–H and O–H groups in total. The first-order chi connectivity index (χ1) is 11.2. The molecule has 7 nitrogen and oxygen atoms in total. The molecule has 4 rings (SSSR count). The Kier molecular flexibility index (Phi) is 3.11. The van der Waals surface area contributed by atoms with Crippen LogP contribution in [0.5, 0.6) is 0 Å². The number of hydrogen-bond donors (Lipinski definition) is 3. The summed E-state index contributed by atoms with van der Waals surface area (Å²) in [5, 5.41) is 12.9. The zero-order valence-electron chi connectivity index (χ0n) is 13.0. The van der Waals surface area contributed by atoms with E-state index in [1.807, 2.05) is 55.3 Å². The van der Waals surface area contributed by atoms with Crippen LogP contribution in [0.25, 0.3) is 21.9 Å². The summed E-state index contributed by atoms with van der Waals surface area (Å²) >= 11 is 0. The predicted molar refractivity (Wildman–Crippen MR) is 92.0 cm³/mol.